The molecular formula is C12H23N3O2. The summed E-state index contributed by atoms with van der Waals surface area (Å²) in [6.45, 7) is 8.68. The summed E-state index contributed by atoms with van der Waals surface area (Å²) >= 11 is 0. The van der Waals surface area contributed by atoms with Crippen molar-refractivity contribution in [2.24, 2.45) is 0 Å². The van der Waals surface area contributed by atoms with Crippen LogP contribution in [0.25, 0.3) is 0 Å². The standard InChI is InChI=1S/C12H23N3O2/c1-3-13-12(17)5-4-6-14-7-9-15(10-8-14)11(2)16/h3-10H2,1-2H3,(H,13,17). The van der Waals surface area contributed by atoms with Crippen molar-refractivity contribution in [1.82, 2.24) is 15.1 Å². The van der Waals surface area contributed by atoms with Gasteiger partial charge in [-0.1, -0.05) is 0 Å². The fourth-order valence-electron chi connectivity index (χ4n) is 2.04. The maximum atomic E-state index is 11.2. The number of carbonyl (C=O) groups is 2. The first-order chi connectivity index (χ1) is 8.13. The summed E-state index contributed by atoms with van der Waals surface area (Å²) < 4.78 is 0. The lowest BCUT2D eigenvalue weighted by Crippen LogP contribution is -2.48. The topological polar surface area (TPSA) is 52.7 Å². The smallest absolute Gasteiger partial charge is 0.220 e. The van der Waals surface area contributed by atoms with E-state index in [1.807, 2.05) is 11.8 Å². The number of rotatable bonds is 5. The molecule has 1 fully saturated rings. The van der Waals surface area contributed by atoms with E-state index in [1.54, 1.807) is 6.92 Å². The Balaban J connectivity index is 2.10. The van der Waals surface area contributed by atoms with Crippen molar-refractivity contribution in [3.63, 3.8) is 0 Å². The molecule has 1 rings (SSSR count). The van der Waals surface area contributed by atoms with Gasteiger partial charge in [0.15, 0.2) is 0 Å². The lowest BCUT2D eigenvalue weighted by molar-refractivity contribution is -0.130. The third-order valence-corrected chi connectivity index (χ3v) is 3.07. The number of hydrogen-bond donors (Lipinski definition) is 1. The van der Waals surface area contributed by atoms with Crippen LogP contribution in [-0.4, -0.2) is 60.9 Å². The first-order valence-electron chi connectivity index (χ1n) is 6.38. The molecule has 0 spiro atoms. The summed E-state index contributed by atoms with van der Waals surface area (Å²) in [4.78, 5) is 26.6. The molecule has 98 valence electrons. The number of carbonyl (C=O) groups excluding carboxylic acids is 2. The molecule has 0 atom stereocenters. The molecule has 0 radical (unpaired) electrons. The van der Waals surface area contributed by atoms with Crippen molar-refractivity contribution < 1.29 is 9.59 Å². The Morgan fingerprint density at radius 2 is 1.82 bits per heavy atom. The molecule has 0 aromatic rings. The van der Waals surface area contributed by atoms with Crippen LogP contribution in [0, 0.1) is 0 Å². The lowest BCUT2D eigenvalue weighted by atomic mass is 10.2. The Kier molecular flexibility index (Phi) is 5.97. The Morgan fingerprint density at radius 1 is 1.18 bits per heavy atom. The van der Waals surface area contributed by atoms with Gasteiger partial charge in [0, 0.05) is 46.1 Å². The number of amides is 2. The van der Waals surface area contributed by atoms with E-state index in [0.29, 0.717) is 13.0 Å². The van der Waals surface area contributed by atoms with Gasteiger partial charge >= 0.3 is 0 Å². The maximum absolute atomic E-state index is 11.2. The van der Waals surface area contributed by atoms with Crippen LogP contribution in [0.2, 0.25) is 0 Å². The van der Waals surface area contributed by atoms with Crippen LogP contribution in [0.15, 0.2) is 0 Å². The Labute approximate surface area is 103 Å². The summed E-state index contributed by atoms with van der Waals surface area (Å²) in [5, 5.41) is 2.79. The fraction of sp³-hybridized carbons (Fsp3) is 0.833. The molecule has 1 aliphatic heterocycles. The second-order valence-corrected chi connectivity index (χ2v) is 4.40. The van der Waals surface area contributed by atoms with Gasteiger partial charge in [0.1, 0.15) is 0 Å². The van der Waals surface area contributed by atoms with Crippen LogP contribution in [0.4, 0.5) is 0 Å². The molecule has 1 N–H and O–H groups in total. The predicted molar refractivity (Wildman–Crippen MR) is 66.6 cm³/mol. The number of hydrogen-bond acceptors (Lipinski definition) is 3. The molecule has 0 aromatic heterocycles. The second kappa shape index (κ2) is 7.27. The van der Waals surface area contributed by atoms with E-state index in [-0.39, 0.29) is 11.8 Å². The van der Waals surface area contributed by atoms with Gasteiger partial charge in [0.2, 0.25) is 11.8 Å². The normalized spacial score (nSPS) is 16.9. The quantitative estimate of drug-likeness (QED) is 0.741. The minimum atomic E-state index is 0.134. The zero-order valence-electron chi connectivity index (χ0n) is 10.9. The minimum Gasteiger partial charge on any atom is -0.356 e. The van der Waals surface area contributed by atoms with E-state index in [4.69, 9.17) is 0 Å². The molecule has 0 aromatic carbocycles. The van der Waals surface area contributed by atoms with Crippen LogP contribution in [-0.2, 0) is 9.59 Å². The van der Waals surface area contributed by atoms with Gasteiger partial charge < -0.3 is 10.2 Å². The molecule has 1 saturated heterocycles. The summed E-state index contributed by atoms with van der Waals surface area (Å²) in [6, 6.07) is 0. The molecule has 5 nitrogen and oxygen atoms in total. The SMILES string of the molecule is CCNC(=O)CCCN1CCN(C(C)=O)CC1. The summed E-state index contributed by atoms with van der Waals surface area (Å²) in [7, 11) is 0. The Morgan fingerprint density at radius 3 is 2.35 bits per heavy atom. The van der Waals surface area contributed by atoms with E-state index < -0.39 is 0 Å². The minimum absolute atomic E-state index is 0.134. The van der Waals surface area contributed by atoms with Crippen molar-refractivity contribution in [3.05, 3.63) is 0 Å². The summed E-state index contributed by atoms with van der Waals surface area (Å²) in [6.07, 6.45) is 1.49. The van der Waals surface area contributed by atoms with Crippen molar-refractivity contribution in [2.45, 2.75) is 26.7 Å². The monoisotopic (exact) mass is 241 g/mol. The van der Waals surface area contributed by atoms with Gasteiger partial charge in [-0.2, -0.15) is 0 Å². The van der Waals surface area contributed by atoms with Gasteiger partial charge in [-0.25, -0.2) is 0 Å². The molecule has 17 heavy (non-hydrogen) atoms. The molecule has 0 aliphatic carbocycles. The second-order valence-electron chi connectivity index (χ2n) is 4.40. The zero-order valence-corrected chi connectivity index (χ0v) is 10.9. The first-order valence-corrected chi connectivity index (χ1v) is 6.38. The van der Waals surface area contributed by atoms with E-state index in [9.17, 15) is 9.59 Å². The highest BCUT2D eigenvalue weighted by molar-refractivity contribution is 5.75. The van der Waals surface area contributed by atoms with Crippen LogP contribution < -0.4 is 5.32 Å². The first kappa shape index (κ1) is 14.0. The fourth-order valence-corrected chi connectivity index (χ4v) is 2.04. The van der Waals surface area contributed by atoms with E-state index in [2.05, 4.69) is 10.2 Å². The van der Waals surface area contributed by atoms with Crippen LogP contribution >= 0.6 is 0 Å². The van der Waals surface area contributed by atoms with Gasteiger partial charge in [-0.05, 0) is 19.9 Å². The Bertz CT molecular complexity index is 260. The molecule has 1 aliphatic rings. The number of nitrogens with one attached hydrogen (secondary N) is 1. The zero-order chi connectivity index (χ0) is 12.7. The maximum Gasteiger partial charge on any atom is 0.220 e. The molecule has 0 saturated carbocycles. The number of nitrogens with zero attached hydrogens (tertiary/aromatic N) is 2. The highest BCUT2D eigenvalue weighted by atomic mass is 16.2. The molecule has 1 heterocycles. The van der Waals surface area contributed by atoms with Crippen molar-refractivity contribution in [1.29, 1.82) is 0 Å². The molecule has 5 heteroatoms. The van der Waals surface area contributed by atoms with Gasteiger partial charge in [-0.15, -0.1) is 0 Å². The predicted octanol–water partition coefficient (Wildman–Crippen LogP) is 0.0668. The van der Waals surface area contributed by atoms with Crippen molar-refractivity contribution >= 4 is 11.8 Å². The summed E-state index contributed by atoms with van der Waals surface area (Å²) in [5.41, 5.74) is 0. The van der Waals surface area contributed by atoms with Crippen LogP contribution in [0.3, 0.4) is 0 Å². The highest BCUT2D eigenvalue weighted by Gasteiger charge is 2.17. The third-order valence-electron chi connectivity index (χ3n) is 3.07. The molecule has 0 bridgehead atoms. The molecular weight excluding hydrogens is 218 g/mol. The Hall–Kier alpha value is -1.10. The highest BCUT2D eigenvalue weighted by Crippen LogP contribution is 2.03. The average Bonchev–Trinajstić information content (AvgIpc) is 2.30. The van der Waals surface area contributed by atoms with Crippen molar-refractivity contribution in [2.75, 3.05) is 39.3 Å². The van der Waals surface area contributed by atoms with E-state index in [1.165, 1.54) is 0 Å². The van der Waals surface area contributed by atoms with Gasteiger partial charge in [0.25, 0.3) is 0 Å². The molecule has 0 unspecified atom stereocenters. The van der Waals surface area contributed by atoms with Crippen molar-refractivity contribution in [3.8, 4) is 0 Å². The van der Waals surface area contributed by atoms with Crippen LogP contribution in [0.1, 0.15) is 26.7 Å². The van der Waals surface area contributed by atoms with E-state index in [0.717, 1.165) is 39.1 Å². The number of piperazine rings is 1. The van der Waals surface area contributed by atoms with Gasteiger partial charge in [0.05, 0.1) is 0 Å². The average molecular weight is 241 g/mol. The van der Waals surface area contributed by atoms with Gasteiger partial charge in [-0.3, -0.25) is 14.5 Å². The third kappa shape index (κ3) is 5.17. The lowest BCUT2D eigenvalue weighted by Gasteiger charge is -2.34. The van der Waals surface area contributed by atoms with Crippen LogP contribution in [0.5, 0.6) is 0 Å². The summed E-state index contributed by atoms with van der Waals surface area (Å²) in [5.74, 6) is 0.293. The van der Waals surface area contributed by atoms with E-state index >= 15 is 0 Å². The molecule has 2 amide bonds. The largest absolute Gasteiger partial charge is 0.356 e.